The van der Waals surface area contributed by atoms with E-state index in [2.05, 4.69) is 28.3 Å². The van der Waals surface area contributed by atoms with E-state index < -0.39 is 0 Å². The highest BCUT2D eigenvalue weighted by atomic mass is 32.2. The van der Waals surface area contributed by atoms with Gasteiger partial charge in [0.2, 0.25) is 0 Å². The molecular formula is C14H16N2OS. The number of imidazole rings is 1. The first-order valence-corrected chi connectivity index (χ1v) is 6.76. The largest absolute Gasteiger partial charge is 0.390 e. The number of benzene rings is 1. The summed E-state index contributed by atoms with van der Waals surface area (Å²) in [5, 5.41) is 10.1. The van der Waals surface area contributed by atoms with Crippen molar-refractivity contribution in [3.8, 4) is 0 Å². The lowest BCUT2D eigenvalue weighted by atomic mass is 10.2. The van der Waals surface area contributed by atoms with E-state index in [0.29, 0.717) is 5.69 Å². The first-order chi connectivity index (χ1) is 8.83. The SMILES string of the molecule is C=CCSc1nc(CO)cn1Cc1ccccc1. The number of hydrogen-bond acceptors (Lipinski definition) is 3. The van der Waals surface area contributed by atoms with E-state index in [9.17, 15) is 0 Å². The van der Waals surface area contributed by atoms with Gasteiger partial charge in [-0.15, -0.1) is 6.58 Å². The van der Waals surface area contributed by atoms with E-state index in [0.717, 1.165) is 17.5 Å². The molecule has 0 aliphatic rings. The van der Waals surface area contributed by atoms with Crippen molar-refractivity contribution in [3.05, 3.63) is 60.4 Å². The number of nitrogens with zero attached hydrogens (tertiary/aromatic N) is 2. The van der Waals surface area contributed by atoms with Crippen LogP contribution in [0.1, 0.15) is 11.3 Å². The second-order valence-electron chi connectivity index (χ2n) is 3.89. The lowest BCUT2D eigenvalue weighted by molar-refractivity contribution is 0.277. The average Bonchev–Trinajstić information content (AvgIpc) is 2.80. The van der Waals surface area contributed by atoms with Crippen molar-refractivity contribution in [2.75, 3.05) is 5.75 Å². The first-order valence-electron chi connectivity index (χ1n) is 5.78. The van der Waals surface area contributed by atoms with E-state index in [1.165, 1.54) is 5.56 Å². The van der Waals surface area contributed by atoms with Gasteiger partial charge < -0.3 is 9.67 Å². The zero-order chi connectivity index (χ0) is 12.8. The first kappa shape index (κ1) is 12.9. The van der Waals surface area contributed by atoms with Gasteiger partial charge in [-0.3, -0.25) is 0 Å². The molecule has 0 bridgehead atoms. The van der Waals surface area contributed by atoms with Crippen LogP contribution < -0.4 is 0 Å². The molecule has 0 atom stereocenters. The lowest BCUT2D eigenvalue weighted by Gasteiger charge is -2.06. The summed E-state index contributed by atoms with van der Waals surface area (Å²) in [6.45, 7) is 4.46. The van der Waals surface area contributed by atoms with Crippen LogP contribution in [0.25, 0.3) is 0 Å². The fourth-order valence-electron chi connectivity index (χ4n) is 1.67. The van der Waals surface area contributed by atoms with Gasteiger partial charge in [0.05, 0.1) is 12.3 Å². The minimum absolute atomic E-state index is 0.0244. The molecule has 0 radical (unpaired) electrons. The molecule has 0 unspecified atom stereocenters. The summed E-state index contributed by atoms with van der Waals surface area (Å²) < 4.78 is 2.06. The second-order valence-corrected chi connectivity index (χ2v) is 4.87. The highest BCUT2D eigenvalue weighted by molar-refractivity contribution is 7.99. The van der Waals surface area contributed by atoms with Gasteiger partial charge in [-0.05, 0) is 5.56 Å². The molecule has 0 fully saturated rings. The highest BCUT2D eigenvalue weighted by Crippen LogP contribution is 2.19. The Balaban J connectivity index is 2.19. The molecule has 1 aromatic heterocycles. The van der Waals surface area contributed by atoms with Crippen molar-refractivity contribution in [3.63, 3.8) is 0 Å². The summed E-state index contributed by atoms with van der Waals surface area (Å²) in [6.07, 6.45) is 3.75. The highest BCUT2D eigenvalue weighted by Gasteiger charge is 2.07. The number of aromatic nitrogens is 2. The maximum absolute atomic E-state index is 9.16. The van der Waals surface area contributed by atoms with Crippen molar-refractivity contribution in [1.29, 1.82) is 0 Å². The zero-order valence-corrected chi connectivity index (χ0v) is 10.9. The van der Waals surface area contributed by atoms with Crippen LogP contribution in [-0.2, 0) is 13.2 Å². The van der Waals surface area contributed by atoms with Gasteiger partial charge in [0, 0.05) is 18.5 Å². The molecule has 1 heterocycles. The molecule has 0 saturated carbocycles. The number of hydrogen-bond donors (Lipinski definition) is 1. The molecule has 0 amide bonds. The monoisotopic (exact) mass is 260 g/mol. The van der Waals surface area contributed by atoms with E-state index in [1.807, 2.05) is 30.5 Å². The molecule has 4 heteroatoms. The van der Waals surface area contributed by atoms with Crippen LogP contribution in [0.2, 0.25) is 0 Å². The Morgan fingerprint density at radius 2 is 2.11 bits per heavy atom. The van der Waals surface area contributed by atoms with Gasteiger partial charge in [0.25, 0.3) is 0 Å². The summed E-state index contributed by atoms with van der Waals surface area (Å²) in [4.78, 5) is 4.39. The topological polar surface area (TPSA) is 38.1 Å². The average molecular weight is 260 g/mol. The standard InChI is InChI=1S/C14H16N2OS/c1-2-8-18-14-15-13(11-17)10-16(14)9-12-6-4-3-5-7-12/h2-7,10,17H,1,8-9,11H2. The van der Waals surface area contributed by atoms with Gasteiger partial charge >= 0.3 is 0 Å². The van der Waals surface area contributed by atoms with Crippen molar-refractivity contribution in [2.45, 2.75) is 18.3 Å². The summed E-state index contributed by atoms with van der Waals surface area (Å²) >= 11 is 1.63. The maximum Gasteiger partial charge on any atom is 0.168 e. The van der Waals surface area contributed by atoms with Crippen molar-refractivity contribution in [1.82, 2.24) is 9.55 Å². The van der Waals surface area contributed by atoms with Crippen molar-refractivity contribution >= 4 is 11.8 Å². The van der Waals surface area contributed by atoms with Crippen molar-refractivity contribution in [2.24, 2.45) is 0 Å². The Bertz CT molecular complexity index is 508. The van der Waals surface area contributed by atoms with Gasteiger partial charge in [0.1, 0.15) is 0 Å². The minimum Gasteiger partial charge on any atom is -0.390 e. The predicted octanol–water partition coefficient (Wildman–Crippen LogP) is 2.70. The van der Waals surface area contributed by atoms with Crippen LogP contribution >= 0.6 is 11.8 Å². The molecule has 2 rings (SSSR count). The molecule has 1 aromatic carbocycles. The van der Waals surface area contributed by atoms with Crippen LogP contribution in [0, 0.1) is 0 Å². The van der Waals surface area contributed by atoms with Gasteiger partial charge in [-0.25, -0.2) is 4.98 Å². The molecule has 2 aromatic rings. The summed E-state index contributed by atoms with van der Waals surface area (Å²) in [6, 6.07) is 10.2. The van der Waals surface area contributed by atoms with Gasteiger partial charge in [-0.2, -0.15) is 0 Å². The molecule has 0 aliphatic carbocycles. The Labute approximate surface area is 111 Å². The Kier molecular flexibility index (Phi) is 4.61. The molecule has 0 aliphatic heterocycles. The summed E-state index contributed by atoms with van der Waals surface area (Å²) in [5.41, 5.74) is 1.93. The summed E-state index contributed by atoms with van der Waals surface area (Å²) in [7, 11) is 0. The van der Waals surface area contributed by atoms with E-state index in [-0.39, 0.29) is 6.61 Å². The second kappa shape index (κ2) is 6.42. The lowest BCUT2D eigenvalue weighted by Crippen LogP contribution is -2.00. The van der Waals surface area contributed by atoms with Crippen LogP contribution in [0.4, 0.5) is 0 Å². The van der Waals surface area contributed by atoms with E-state index >= 15 is 0 Å². The van der Waals surface area contributed by atoms with Gasteiger partial charge in [0.15, 0.2) is 5.16 Å². The van der Waals surface area contributed by atoms with E-state index in [4.69, 9.17) is 5.11 Å². The molecule has 0 spiro atoms. The number of aliphatic hydroxyl groups is 1. The molecule has 18 heavy (non-hydrogen) atoms. The minimum atomic E-state index is -0.0244. The molecule has 94 valence electrons. The third kappa shape index (κ3) is 3.24. The molecule has 1 N–H and O–H groups in total. The van der Waals surface area contributed by atoms with Crippen LogP contribution in [0.5, 0.6) is 0 Å². The zero-order valence-electron chi connectivity index (χ0n) is 10.1. The fraction of sp³-hybridized carbons (Fsp3) is 0.214. The third-order valence-corrected chi connectivity index (χ3v) is 3.46. The maximum atomic E-state index is 9.16. The smallest absolute Gasteiger partial charge is 0.168 e. The van der Waals surface area contributed by atoms with Crippen molar-refractivity contribution < 1.29 is 5.11 Å². The Morgan fingerprint density at radius 1 is 1.33 bits per heavy atom. The number of aliphatic hydroxyl groups excluding tert-OH is 1. The summed E-state index contributed by atoms with van der Waals surface area (Å²) in [5.74, 6) is 0.816. The number of thioether (sulfide) groups is 1. The quantitative estimate of drug-likeness (QED) is 0.641. The predicted molar refractivity (Wildman–Crippen MR) is 74.6 cm³/mol. The van der Waals surface area contributed by atoms with E-state index in [1.54, 1.807) is 11.8 Å². The molecular weight excluding hydrogens is 244 g/mol. The third-order valence-electron chi connectivity index (χ3n) is 2.48. The van der Waals surface area contributed by atoms with Gasteiger partial charge in [-0.1, -0.05) is 48.2 Å². The Hall–Kier alpha value is -1.52. The van der Waals surface area contributed by atoms with Crippen LogP contribution in [0.15, 0.2) is 54.3 Å². The molecule has 3 nitrogen and oxygen atoms in total. The fourth-order valence-corrected chi connectivity index (χ4v) is 2.40. The molecule has 0 saturated heterocycles. The normalized spacial score (nSPS) is 10.5. The van der Waals surface area contributed by atoms with Crippen LogP contribution in [0.3, 0.4) is 0 Å². The Morgan fingerprint density at radius 3 is 2.78 bits per heavy atom. The van der Waals surface area contributed by atoms with Crippen LogP contribution in [-0.4, -0.2) is 20.4 Å². The number of rotatable bonds is 6.